The molecule has 1 aromatic heterocycles. The zero-order chi connectivity index (χ0) is 11.6. The Balaban J connectivity index is 3.18. The van der Waals surface area contributed by atoms with Crippen LogP contribution in [-0.4, -0.2) is 10.8 Å². The molecule has 0 aliphatic heterocycles. The van der Waals surface area contributed by atoms with Gasteiger partial charge in [0.2, 0.25) is 0 Å². The summed E-state index contributed by atoms with van der Waals surface area (Å²) >= 11 is 1.56. The van der Waals surface area contributed by atoms with Gasteiger partial charge in [0.1, 0.15) is 5.84 Å². The topological polar surface area (TPSA) is 62.8 Å². The fourth-order valence-electron chi connectivity index (χ4n) is 1.38. The maximum atomic E-state index is 7.55. The summed E-state index contributed by atoms with van der Waals surface area (Å²) in [6.45, 7) is 8.43. The second kappa shape index (κ2) is 4.31. The van der Waals surface area contributed by atoms with Crippen LogP contribution < -0.4 is 5.73 Å². The first-order valence-electron chi connectivity index (χ1n) is 5.20. The molecule has 15 heavy (non-hydrogen) atoms. The first kappa shape index (κ1) is 12.2. The van der Waals surface area contributed by atoms with Crippen molar-refractivity contribution in [2.75, 3.05) is 0 Å². The predicted octanol–water partition coefficient (Wildman–Crippen LogP) is 2.68. The molecule has 84 valence electrons. The lowest BCUT2D eigenvalue weighted by atomic mass is 9.91. The third-order valence-electron chi connectivity index (χ3n) is 2.09. The van der Waals surface area contributed by atoms with Crippen LogP contribution in [0.4, 0.5) is 0 Å². The van der Waals surface area contributed by atoms with Crippen LogP contribution in [-0.2, 0) is 11.8 Å². The van der Waals surface area contributed by atoms with Gasteiger partial charge in [-0.25, -0.2) is 4.98 Å². The Morgan fingerprint density at radius 2 is 2.07 bits per heavy atom. The van der Waals surface area contributed by atoms with Crippen LogP contribution in [0.5, 0.6) is 0 Å². The highest BCUT2D eigenvalue weighted by molar-refractivity contribution is 7.13. The maximum absolute atomic E-state index is 7.55. The Hall–Kier alpha value is -0.900. The largest absolute Gasteiger partial charge is 0.383 e. The number of nitrogen functional groups attached to an aromatic ring is 1. The number of aromatic nitrogens is 1. The van der Waals surface area contributed by atoms with Crippen molar-refractivity contribution in [2.24, 2.45) is 5.73 Å². The van der Waals surface area contributed by atoms with E-state index in [0.717, 1.165) is 28.4 Å². The summed E-state index contributed by atoms with van der Waals surface area (Å²) in [5, 5.41) is 8.64. The van der Waals surface area contributed by atoms with E-state index >= 15 is 0 Å². The quantitative estimate of drug-likeness (QED) is 0.613. The van der Waals surface area contributed by atoms with Crippen molar-refractivity contribution in [3.8, 4) is 0 Å². The van der Waals surface area contributed by atoms with Crippen molar-refractivity contribution in [1.82, 2.24) is 4.98 Å². The molecule has 0 atom stereocenters. The zero-order valence-electron chi connectivity index (χ0n) is 9.85. The van der Waals surface area contributed by atoms with Gasteiger partial charge < -0.3 is 5.73 Å². The van der Waals surface area contributed by atoms with Gasteiger partial charge in [-0.1, -0.05) is 27.7 Å². The molecular weight excluding hydrogens is 206 g/mol. The Morgan fingerprint density at radius 1 is 1.47 bits per heavy atom. The standard InChI is InChI=1S/C11H19N3S/c1-5-6-7-14-9(11(2,3)4)8(15-7)10(12)13/h5-6H2,1-4H3,(H3,12,13). The van der Waals surface area contributed by atoms with E-state index in [1.54, 1.807) is 11.3 Å². The number of rotatable bonds is 3. The van der Waals surface area contributed by atoms with Crippen LogP contribution in [0.3, 0.4) is 0 Å². The van der Waals surface area contributed by atoms with Crippen molar-refractivity contribution in [3.63, 3.8) is 0 Å². The molecule has 0 bridgehead atoms. The van der Waals surface area contributed by atoms with E-state index < -0.39 is 0 Å². The Morgan fingerprint density at radius 3 is 2.40 bits per heavy atom. The van der Waals surface area contributed by atoms with E-state index in [1.165, 1.54) is 0 Å². The summed E-state index contributed by atoms with van der Waals surface area (Å²) in [5.41, 5.74) is 6.50. The molecule has 0 radical (unpaired) electrons. The minimum Gasteiger partial charge on any atom is -0.383 e. The molecule has 0 spiro atoms. The van der Waals surface area contributed by atoms with Gasteiger partial charge in [0, 0.05) is 5.41 Å². The molecule has 4 heteroatoms. The molecule has 0 aromatic carbocycles. The average molecular weight is 225 g/mol. The molecule has 3 N–H and O–H groups in total. The molecule has 1 rings (SSSR count). The van der Waals surface area contributed by atoms with Crippen LogP contribution in [0.15, 0.2) is 0 Å². The number of nitrogens with two attached hydrogens (primary N) is 1. The number of nitrogens with zero attached hydrogens (tertiary/aromatic N) is 1. The van der Waals surface area contributed by atoms with E-state index in [-0.39, 0.29) is 11.3 Å². The second-order valence-electron chi connectivity index (χ2n) is 4.70. The van der Waals surface area contributed by atoms with Crippen molar-refractivity contribution >= 4 is 17.2 Å². The van der Waals surface area contributed by atoms with Crippen molar-refractivity contribution in [3.05, 3.63) is 15.6 Å². The van der Waals surface area contributed by atoms with Gasteiger partial charge in [0.15, 0.2) is 0 Å². The monoisotopic (exact) mass is 225 g/mol. The normalized spacial score (nSPS) is 11.7. The molecule has 1 heterocycles. The lowest BCUT2D eigenvalue weighted by Gasteiger charge is -2.16. The lowest BCUT2D eigenvalue weighted by Crippen LogP contribution is -2.19. The fourth-order valence-corrected chi connectivity index (χ4v) is 2.61. The zero-order valence-corrected chi connectivity index (χ0v) is 10.7. The van der Waals surface area contributed by atoms with E-state index in [2.05, 4.69) is 32.7 Å². The van der Waals surface area contributed by atoms with Crippen LogP contribution >= 0.6 is 11.3 Å². The number of nitrogens with one attached hydrogen (secondary N) is 1. The smallest absolute Gasteiger partial charge is 0.135 e. The van der Waals surface area contributed by atoms with Crippen molar-refractivity contribution < 1.29 is 0 Å². The SMILES string of the molecule is CCCc1nc(C(C)(C)C)c(C(=N)N)s1. The fraction of sp³-hybridized carbons (Fsp3) is 0.636. The molecule has 1 aromatic rings. The number of aryl methyl sites for hydroxylation is 1. The molecule has 3 nitrogen and oxygen atoms in total. The van der Waals surface area contributed by atoms with Gasteiger partial charge >= 0.3 is 0 Å². The summed E-state index contributed by atoms with van der Waals surface area (Å²) in [6.07, 6.45) is 2.05. The van der Waals surface area contributed by atoms with Gasteiger partial charge in [-0.15, -0.1) is 11.3 Å². The van der Waals surface area contributed by atoms with Crippen molar-refractivity contribution in [2.45, 2.75) is 46.0 Å². The van der Waals surface area contributed by atoms with Gasteiger partial charge in [-0.2, -0.15) is 0 Å². The minimum atomic E-state index is -0.0382. The molecule has 0 saturated heterocycles. The number of hydrogen-bond acceptors (Lipinski definition) is 3. The van der Waals surface area contributed by atoms with E-state index in [9.17, 15) is 0 Å². The molecule has 0 aliphatic rings. The highest BCUT2D eigenvalue weighted by Gasteiger charge is 2.24. The summed E-state index contributed by atoms with van der Waals surface area (Å²) in [4.78, 5) is 5.43. The molecular formula is C11H19N3S. The van der Waals surface area contributed by atoms with Crippen LogP contribution in [0, 0.1) is 5.41 Å². The maximum Gasteiger partial charge on any atom is 0.135 e. The van der Waals surface area contributed by atoms with Gasteiger partial charge in [-0.3, -0.25) is 5.41 Å². The van der Waals surface area contributed by atoms with Crippen LogP contribution in [0.25, 0.3) is 0 Å². The number of thiazole rings is 1. The van der Waals surface area contributed by atoms with E-state index in [1.807, 2.05) is 0 Å². The summed E-state index contributed by atoms with van der Waals surface area (Å²) in [6, 6.07) is 0. The number of amidine groups is 1. The van der Waals surface area contributed by atoms with E-state index in [0.29, 0.717) is 0 Å². The third kappa shape index (κ3) is 2.78. The Labute approximate surface area is 95.2 Å². The molecule has 0 saturated carbocycles. The summed E-state index contributed by atoms with van der Waals surface area (Å²) in [5.74, 6) is 0.139. The molecule has 0 unspecified atom stereocenters. The van der Waals surface area contributed by atoms with Crippen LogP contribution in [0.2, 0.25) is 0 Å². The summed E-state index contributed by atoms with van der Waals surface area (Å²) in [7, 11) is 0. The van der Waals surface area contributed by atoms with Crippen molar-refractivity contribution in [1.29, 1.82) is 5.41 Å². The van der Waals surface area contributed by atoms with Crippen LogP contribution in [0.1, 0.15) is 49.7 Å². The minimum absolute atomic E-state index is 0.0382. The summed E-state index contributed by atoms with van der Waals surface area (Å²) < 4.78 is 0. The van der Waals surface area contributed by atoms with Gasteiger partial charge in [0.05, 0.1) is 15.6 Å². The number of hydrogen-bond donors (Lipinski definition) is 2. The van der Waals surface area contributed by atoms with Gasteiger partial charge in [0.25, 0.3) is 0 Å². The van der Waals surface area contributed by atoms with Gasteiger partial charge in [-0.05, 0) is 12.8 Å². The third-order valence-corrected chi connectivity index (χ3v) is 3.24. The predicted molar refractivity (Wildman–Crippen MR) is 65.8 cm³/mol. The lowest BCUT2D eigenvalue weighted by molar-refractivity contribution is 0.569. The highest BCUT2D eigenvalue weighted by Crippen LogP contribution is 2.29. The average Bonchev–Trinajstić information content (AvgIpc) is 2.48. The highest BCUT2D eigenvalue weighted by atomic mass is 32.1. The molecule has 0 amide bonds. The Kier molecular flexibility index (Phi) is 3.50. The first-order valence-corrected chi connectivity index (χ1v) is 6.02. The molecule has 0 fully saturated rings. The second-order valence-corrected chi connectivity index (χ2v) is 5.78. The first-order chi connectivity index (χ1) is 6.86. The molecule has 0 aliphatic carbocycles. The van der Waals surface area contributed by atoms with E-state index in [4.69, 9.17) is 11.1 Å². The Bertz CT molecular complexity index is 360.